The second kappa shape index (κ2) is 11.0. The molecule has 0 bridgehead atoms. The molecule has 1 aliphatic carbocycles. The minimum atomic E-state index is -0.545. The lowest BCUT2D eigenvalue weighted by Gasteiger charge is -2.27. The molecule has 2 heterocycles. The normalized spacial score (nSPS) is 22.8. The van der Waals surface area contributed by atoms with E-state index in [1.807, 2.05) is 0 Å². The molecule has 1 aromatic carbocycles. The summed E-state index contributed by atoms with van der Waals surface area (Å²) in [5.74, 6) is 0.694. The summed E-state index contributed by atoms with van der Waals surface area (Å²) in [6.45, 7) is 4.03. The van der Waals surface area contributed by atoms with Gasteiger partial charge in [-0.05, 0) is 49.4 Å². The topological polar surface area (TPSA) is 83.6 Å². The molecule has 0 radical (unpaired) electrons. The van der Waals surface area contributed by atoms with Gasteiger partial charge in [0.1, 0.15) is 11.9 Å². The average Bonchev–Trinajstić information content (AvgIpc) is 3.38. The molecule has 2 N–H and O–H groups in total. The minimum Gasteiger partial charge on any atom is -0.445 e. The number of nitrogens with zero attached hydrogens (tertiary/aromatic N) is 2. The number of rotatable bonds is 5. The van der Waals surface area contributed by atoms with E-state index in [9.17, 15) is 9.59 Å². The fourth-order valence-corrected chi connectivity index (χ4v) is 4.65. The van der Waals surface area contributed by atoms with Gasteiger partial charge in [-0.25, -0.2) is 9.78 Å². The summed E-state index contributed by atoms with van der Waals surface area (Å²) < 4.78 is 5.66. The molecule has 172 valence electrons. The molecule has 3 unspecified atom stereocenters. The molecule has 1 aromatic heterocycles. The molecular weight excluding hydrogens is 451 g/mol. The van der Waals surface area contributed by atoms with Gasteiger partial charge in [0.05, 0.1) is 16.3 Å². The third-order valence-corrected chi connectivity index (χ3v) is 6.34. The van der Waals surface area contributed by atoms with Crippen LogP contribution >= 0.6 is 24.0 Å². The number of halogens is 2. The molecule has 2 aromatic rings. The van der Waals surface area contributed by atoms with Gasteiger partial charge >= 0.3 is 6.09 Å². The van der Waals surface area contributed by atoms with Crippen LogP contribution in [0.5, 0.6) is 0 Å². The van der Waals surface area contributed by atoms with E-state index >= 15 is 0 Å². The maximum Gasteiger partial charge on any atom is 0.411 e. The van der Waals surface area contributed by atoms with Crippen LogP contribution < -0.4 is 10.6 Å². The van der Waals surface area contributed by atoms with Crippen LogP contribution in [0.15, 0.2) is 42.6 Å². The Morgan fingerprint density at radius 2 is 1.94 bits per heavy atom. The van der Waals surface area contributed by atoms with E-state index in [2.05, 4.69) is 27.4 Å². The Morgan fingerprint density at radius 3 is 2.66 bits per heavy atom. The summed E-state index contributed by atoms with van der Waals surface area (Å²) >= 11 is 5.83. The number of anilines is 2. The van der Waals surface area contributed by atoms with E-state index in [-0.39, 0.29) is 24.4 Å². The van der Waals surface area contributed by atoms with Crippen molar-refractivity contribution in [2.24, 2.45) is 5.92 Å². The van der Waals surface area contributed by atoms with Crippen molar-refractivity contribution < 1.29 is 14.3 Å². The van der Waals surface area contributed by atoms with Gasteiger partial charge in [0.2, 0.25) is 0 Å². The minimum absolute atomic E-state index is 0. The summed E-state index contributed by atoms with van der Waals surface area (Å²) in [5.41, 5.74) is 0.710. The summed E-state index contributed by atoms with van der Waals surface area (Å²) in [6, 6.07) is 10.7. The van der Waals surface area contributed by atoms with Gasteiger partial charge in [-0.3, -0.25) is 15.0 Å². The average molecular weight is 479 g/mol. The van der Waals surface area contributed by atoms with Crippen molar-refractivity contribution in [2.45, 2.75) is 44.8 Å². The van der Waals surface area contributed by atoms with E-state index in [0.717, 1.165) is 19.5 Å². The zero-order valence-corrected chi connectivity index (χ0v) is 19.5. The lowest BCUT2D eigenvalue weighted by atomic mass is 10.1. The second-order valence-corrected chi connectivity index (χ2v) is 8.71. The van der Waals surface area contributed by atoms with Crippen LogP contribution in [-0.2, 0) is 4.74 Å². The van der Waals surface area contributed by atoms with Crippen LogP contribution in [0.2, 0.25) is 5.02 Å². The van der Waals surface area contributed by atoms with Gasteiger partial charge in [0, 0.05) is 25.3 Å². The third kappa shape index (κ3) is 5.91. The predicted molar refractivity (Wildman–Crippen MR) is 128 cm³/mol. The maximum atomic E-state index is 12.7. The van der Waals surface area contributed by atoms with Crippen molar-refractivity contribution in [1.82, 2.24) is 9.88 Å². The molecule has 2 fully saturated rings. The summed E-state index contributed by atoms with van der Waals surface area (Å²) in [4.78, 5) is 31.7. The first kappa shape index (κ1) is 24.3. The van der Waals surface area contributed by atoms with Gasteiger partial charge in [-0.2, -0.15) is 0 Å². The SMILES string of the molecule is CC1CCCC1N1CCC(OC(=O)Nc2ccccc2C(=O)Nc2ccc(Cl)cn2)C1.Cl. The Labute approximate surface area is 199 Å². The highest BCUT2D eigenvalue weighted by Gasteiger charge is 2.35. The van der Waals surface area contributed by atoms with E-state index in [4.69, 9.17) is 16.3 Å². The Hall–Kier alpha value is -2.35. The molecule has 7 nitrogen and oxygen atoms in total. The van der Waals surface area contributed by atoms with Gasteiger partial charge in [-0.1, -0.05) is 37.1 Å². The monoisotopic (exact) mass is 478 g/mol. The smallest absolute Gasteiger partial charge is 0.411 e. The van der Waals surface area contributed by atoms with Crippen molar-refractivity contribution in [2.75, 3.05) is 23.7 Å². The number of hydrogen-bond acceptors (Lipinski definition) is 5. The number of carbonyl (C=O) groups excluding carboxylic acids is 2. The molecule has 2 aliphatic rings. The molecule has 0 spiro atoms. The Morgan fingerprint density at radius 1 is 1.12 bits per heavy atom. The van der Waals surface area contributed by atoms with E-state index in [1.54, 1.807) is 36.4 Å². The number of aromatic nitrogens is 1. The van der Waals surface area contributed by atoms with Gasteiger partial charge in [-0.15, -0.1) is 12.4 Å². The second-order valence-electron chi connectivity index (χ2n) is 8.27. The van der Waals surface area contributed by atoms with Crippen molar-refractivity contribution >= 4 is 47.5 Å². The van der Waals surface area contributed by atoms with Crippen LogP contribution in [0.3, 0.4) is 0 Å². The lowest BCUT2D eigenvalue weighted by molar-refractivity contribution is 0.102. The largest absolute Gasteiger partial charge is 0.445 e. The van der Waals surface area contributed by atoms with Gasteiger partial charge in [0.25, 0.3) is 5.91 Å². The highest BCUT2D eigenvalue weighted by molar-refractivity contribution is 6.30. The molecular formula is C23H28Cl2N4O3. The number of pyridine rings is 1. The Bertz CT molecular complexity index is 941. The van der Waals surface area contributed by atoms with E-state index < -0.39 is 6.09 Å². The van der Waals surface area contributed by atoms with Crippen molar-refractivity contribution in [3.63, 3.8) is 0 Å². The van der Waals surface area contributed by atoms with Crippen molar-refractivity contribution in [3.8, 4) is 0 Å². The zero-order chi connectivity index (χ0) is 21.8. The standard InChI is InChI=1S/C23H27ClN4O3.ClH/c1-15-5-4-8-20(15)28-12-11-17(14-28)31-23(30)26-19-7-3-2-6-18(19)22(29)27-21-10-9-16(24)13-25-21;/h2-3,6-7,9-10,13,15,17,20H,4-5,8,11-12,14H2,1H3,(H,26,30)(H,25,27,29);1H. The van der Waals surface area contributed by atoms with E-state index in [0.29, 0.717) is 34.1 Å². The molecule has 32 heavy (non-hydrogen) atoms. The number of nitrogens with one attached hydrogen (secondary N) is 2. The fraction of sp³-hybridized carbons (Fsp3) is 0.435. The first-order valence-electron chi connectivity index (χ1n) is 10.7. The summed E-state index contributed by atoms with van der Waals surface area (Å²) in [7, 11) is 0. The summed E-state index contributed by atoms with van der Waals surface area (Å²) in [6.07, 6.45) is 5.39. The summed E-state index contributed by atoms with van der Waals surface area (Å²) in [5, 5.41) is 5.91. The fourth-order valence-electron chi connectivity index (χ4n) is 4.53. The number of para-hydroxylation sites is 1. The number of ether oxygens (including phenoxy) is 1. The molecule has 2 amide bonds. The van der Waals surface area contributed by atoms with Crippen LogP contribution in [-0.4, -0.2) is 47.1 Å². The Balaban J connectivity index is 0.00000289. The van der Waals surface area contributed by atoms with Gasteiger partial charge in [0.15, 0.2) is 0 Å². The maximum absolute atomic E-state index is 12.7. The quantitative estimate of drug-likeness (QED) is 0.615. The van der Waals surface area contributed by atoms with Gasteiger partial charge < -0.3 is 10.1 Å². The molecule has 9 heteroatoms. The molecule has 1 saturated carbocycles. The third-order valence-electron chi connectivity index (χ3n) is 6.11. The van der Waals surface area contributed by atoms with E-state index in [1.165, 1.54) is 25.5 Å². The number of carbonyl (C=O) groups is 2. The molecule has 3 atom stereocenters. The lowest BCUT2D eigenvalue weighted by Crippen LogP contribution is -2.36. The molecule has 1 saturated heterocycles. The first-order chi connectivity index (χ1) is 15.0. The zero-order valence-electron chi connectivity index (χ0n) is 17.9. The van der Waals surface area contributed by atoms with Crippen LogP contribution in [0.25, 0.3) is 0 Å². The Kier molecular flexibility index (Phi) is 8.34. The number of benzene rings is 1. The highest BCUT2D eigenvalue weighted by Crippen LogP contribution is 2.32. The van der Waals surface area contributed by atoms with Crippen molar-refractivity contribution in [1.29, 1.82) is 0 Å². The van der Waals surface area contributed by atoms with Crippen LogP contribution in [0.4, 0.5) is 16.3 Å². The number of amides is 2. The molecule has 1 aliphatic heterocycles. The van der Waals surface area contributed by atoms with Crippen LogP contribution in [0, 0.1) is 5.92 Å². The number of hydrogen-bond donors (Lipinski definition) is 2. The predicted octanol–water partition coefficient (Wildman–Crippen LogP) is 5.22. The number of likely N-dealkylation sites (tertiary alicyclic amines) is 1. The van der Waals surface area contributed by atoms with Crippen LogP contribution in [0.1, 0.15) is 43.0 Å². The highest BCUT2D eigenvalue weighted by atomic mass is 35.5. The first-order valence-corrected chi connectivity index (χ1v) is 11.1. The molecule has 4 rings (SSSR count). The van der Waals surface area contributed by atoms with Crippen molar-refractivity contribution in [3.05, 3.63) is 53.2 Å².